The summed E-state index contributed by atoms with van der Waals surface area (Å²) in [6.45, 7) is 1.83. The van der Waals surface area contributed by atoms with Gasteiger partial charge in [-0.05, 0) is 36.4 Å². The van der Waals surface area contributed by atoms with Crippen LogP contribution in [0.1, 0.15) is 5.56 Å². The van der Waals surface area contributed by atoms with E-state index in [-0.39, 0.29) is 17.3 Å². The number of piperazine rings is 1. The molecule has 0 aliphatic carbocycles. The van der Waals surface area contributed by atoms with Crippen LogP contribution >= 0.6 is 0 Å². The van der Waals surface area contributed by atoms with Crippen LogP contribution in [0.3, 0.4) is 0 Å². The maximum atomic E-state index is 12.7. The zero-order valence-electron chi connectivity index (χ0n) is 14.7. The van der Waals surface area contributed by atoms with Crippen LogP contribution in [0.5, 0.6) is 0 Å². The van der Waals surface area contributed by atoms with E-state index in [0.29, 0.717) is 31.7 Å². The molecule has 0 saturated carbocycles. The standard InChI is InChI=1S/C19H20N4O3S/c20-14-16-6-8-18(9-7-16)27(25,26)23-12-10-22(11-13-23)15-19(24)21-17-4-2-1-3-5-17/h1-9H,10-13,15H2,(H,21,24). The molecule has 0 aromatic heterocycles. The average Bonchev–Trinajstić information content (AvgIpc) is 2.69. The van der Waals surface area contributed by atoms with Crippen molar-refractivity contribution in [1.29, 1.82) is 5.26 Å². The number of rotatable bonds is 5. The Balaban J connectivity index is 1.55. The third kappa shape index (κ3) is 4.71. The lowest BCUT2D eigenvalue weighted by molar-refractivity contribution is -0.117. The van der Waals surface area contributed by atoms with Crippen LogP contribution in [0.4, 0.5) is 5.69 Å². The van der Waals surface area contributed by atoms with Gasteiger partial charge in [-0.3, -0.25) is 9.69 Å². The second-order valence-electron chi connectivity index (χ2n) is 6.23. The fraction of sp³-hybridized carbons (Fsp3) is 0.263. The topological polar surface area (TPSA) is 93.5 Å². The minimum Gasteiger partial charge on any atom is -0.325 e. The Morgan fingerprint density at radius 1 is 1.00 bits per heavy atom. The summed E-state index contributed by atoms with van der Waals surface area (Å²) in [5, 5.41) is 11.7. The summed E-state index contributed by atoms with van der Waals surface area (Å²) in [6, 6.07) is 17.1. The van der Waals surface area contributed by atoms with Crippen LogP contribution in [0.15, 0.2) is 59.5 Å². The van der Waals surface area contributed by atoms with E-state index in [4.69, 9.17) is 5.26 Å². The first-order valence-corrected chi connectivity index (χ1v) is 10.0. The molecular weight excluding hydrogens is 364 g/mol. The van der Waals surface area contributed by atoms with E-state index >= 15 is 0 Å². The molecule has 0 radical (unpaired) electrons. The van der Waals surface area contributed by atoms with Crippen molar-refractivity contribution in [2.75, 3.05) is 38.0 Å². The van der Waals surface area contributed by atoms with Gasteiger partial charge in [0.15, 0.2) is 0 Å². The Bertz CT molecular complexity index is 929. The van der Waals surface area contributed by atoms with Gasteiger partial charge in [0, 0.05) is 31.9 Å². The molecule has 0 atom stereocenters. The molecule has 0 unspecified atom stereocenters. The second kappa shape index (κ2) is 8.31. The molecule has 140 valence electrons. The van der Waals surface area contributed by atoms with Crippen molar-refractivity contribution in [3.05, 3.63) is 60.2 Å². The van der Waals surface area contributed by atoms with Crippen LogP contribution in [0.25, 0.3) is 0 Å². The number of sulfonamides is 1. The van der Waals surface area contributed by atoms with E-state index in [9.17, 15) is 13.2 Å². The molecule has 0 spiro atoms. The number of hydrogen-bond acceptors (Lipinski definition) is 5. The molecule has 27 heavy (non-hydrogen) atoms. The Labute approximate surface area is 158 Å². The molecule has 1 heterocycles. The molecule has 7 nitrogen and oxygen atoms in total. The molecule has 3 rings (SSSR count). The Kier molecular flexibility index (Phi) is 5.86. The van der Waals surface area contributed by atoms with E-state index in [1.807, 2.05) is 41.3 Å². The summed E-state index contributed by atoms with van der Waals surface area (Å²) >= 11 is 0. The van der Waals surface area contributed by atoms with Crippen molar-refractivity contribution >= 4 is 21.6 Å². The Hall–Kier alpha value is -2.73. The molecular formula is C19H20N4O3S. The van der Waals surface area contributed by atoms with Gasteiger partial charge in [0.05, 0.1) is 23.1 Å². The van der Waals surface area contributed by atoms with Crippen molar-refractivity contribution in [3.8, 4) is 6.07 Å². The monoisotopic (exact) mass is 384 g/mol. The largest absolute Gasteiger partial charge is 0.325 e. The molecule has 1 aliphatic rings. The van der Waals surface area contributed by atoms with Gasteiger partial charge in [-0.25, -0.2) is 8.42 Å². The molecule has 2 aromatic rings. The highest BCUT2D eigenvalue weighted by molar-refractivity contribution is 7.89. The number of nitriles is 1. The summed E-state index contributed by atoms with van der Waals surface area (Å²) in [4.78, 5) is 14.2. The summed E-state index contributed by atoms with van der Waals surface area (Å²) in [7, 11) is -3.59. The predicted octanol–water partition coefficient (Wildman–Crippen LogP) is 1.50. The van der Waals surface area contributed by atoms with Gasteiger partial charge in [-0.1, -0.05) is 18.2 Å². The van der Waals surface area contributed by atoms with Crippen molar-refractivity contribution in [3.63, 3.8) is 0 Å². The minimum absolute atomic E-state index is 0.121. The van der Waals surface area contributed by atoms with E-state index in [0.717, 1.165) is 5.69 Å². The SMILES string of the molecule is N#Cc1ccc(S(=O)(=O)N2CCN(CC(=O)Nc3ccccc3)CC2)cc1. The van der Waals surface area contributed by atoms with E-state index < -0.39 is 10.0 Å². The smallest absolute Gasteiger partial charge is 0.243 e. The fourth-order valence-corrected chi connectivity index (χ4v) is 4.33. The summed E-state index contributed by atoms with van der Waals surface area (Å²) in [5.74, 6) is -0.121. The van der Waals surface area contributed by atoms with Gasteiger partial charge in [0.25, 0.3) is 0 Å². The number of para-hydroxylation sites is 1. The molecule has 1 fully saturated rings. The molecule has 0 bridgehead atoms. The number of benzene rings is 2. The number of hydrogen-bond donors (Lipinski definition) is 1. The first-order valence-electron chi connectivity index (χ1n) is 8.56. The second-order valence-corrected chi connectivity index (χ2v) is 8.17. The Morgan fingerprint density at radius 2 is 1.63 bits per heavy atom. The molecule has 1 N–H and O–H groups in total. The Morgan fingerprint density at radius 3 is 2.22 bits per heavy atom. The number of amides is 1. The highest BCUT2D eigenvalue weighted by Crippen LogP contribution is 2.18. The number of nitrogens with one attached hydrogen (secondary N) is 1. The minimum atomic E-state index is -3.59. The third-order valence-electron chi connectivity index (χ3n) is 4.38. The summed E-state index contributed by atoms with van der Waals surface area (Å²) in [6.07, 6.45) is 0. The van der Waals surface area contributed by atoms with Crippen LogP contribution in [0.2, 0.25) is 0 Å². The van der Waals surface area contributed by atoms with Crippen LogP contribution in [-0.4, -0.2) is 56.3 Å². The molecule has 1 amide bonds. The molecule has 2 aromatic carbocycles. The number of carbonyl (C=O) groups is 1. The van der Waals surface area contributed by atoms with E-state index in [1.54, 1.807) is 0 Å². The highest BCUT2D eigenvalue weighted by atomic mass is 32.2. The van der Waals surface area contributed by atoms with Crippen molar-refractivity contribution in [2.24, 2.45) is 0 Å². The highest BCUT2D eigenvalue weighted by Gasteiger charge is 2.29. The maximum Gasteiger partial charge on any atom is 0.243 e. The number of carbonyl (C=O) groups excluding carboxylic acids is 1. The zero-order chi connectivity index (χ0) is 19.3. The van der Waals surface area contributed by atoms with Crippen molar-refractivity contribution in [2.45, 2.75) is 4.90 Å². The molecule has 8 heteroatoms. The predicted molar refractivity (Wildman–Crippen MR) is 101 cm³/mol. The van der Waals surface area contributed by atoms with Crippen molar-refractivity contribution in [1.82, 2.24) is 9.21 Å². The lowest BCUT2D eigenvalue weighted by atomic mass is 10.2. The lowest BCUT2D eigenvalue weighted by Gasteiger charge is -2.33. The normalized spacial score (nSPS) is 15.8. The summed E-state index contributed by atoms with van der Waals surface area (Å²) < 4.78 is 26.8. The maximum absolute atomic E-state index is 12.7. The van der Waals surface area contributed by atoms with Crippen molar-refractivity contribution < 1.29 is 13.2 Å². The third-order valence-corrected chi connectivity index (χ3v) is 6.29. The van der Waals surface area contributed by atoms with Gasteiger partial charge in [0.1, 0.15) is 0 Å². The quantitative estimate of drug-likeness (QED) is 0.843. The summed E-state index contributed by atoms with van der Waals surface area (Å²) in [5.41, 5.74) is 1.16. The van der Waals surface area contributed by atoms with Gasteiger partial charge in [-0.15, -0.1) is 0 Å². The van der Waals surface area contributed by atoms with Crippen LogP contribution < -0.4 is 5.32 Å². The van der Waals surface area contributed by atoms with Crippen LogP contribution in [-0.2, 0) is 14.8 Å². The van der Waals surface area contributed by atoms with Gasteiger partial charge >= 0.3 is 0 Å². The first-order chi connectivity index (χ1) is 13.0. The number of anilines is 1. The van der Waals surface area contributed by atoms with E-state index in [1.165, 1.54) is 28.6 Å². The van der Waals surface area contributed by atoms with Gasteiger partial charge in [0.2, 0.25) is 15.9 Å². The first kappa shape index (κ1) is 19.0. The fourth-order valence-electron chi connectivity index (χ4n) is 2.90. The van der Waals surface area contributed by atoms with E-state index in [2.05, 4.69) is 5.32 Å². The van der Waals surface area contributed by atoms with Gasteiger partial charge < -0.3 is 5.32 Å². The van der Waals surface area contributed by atoms with Crippen LogP contribution in [0, 0.1) is 11.3 Å². The average molecular weight is 384 g/mol. The molecule has 1 aliphatic heterocycles. The molecule has 1 saturated heterocycles. The lowest BCUT2D eigenvalue weighted by Crippen LogP contribution is -2.50. The van der Waals surface area contributed by atoms with Gasteiger partial charge in [-0.2, -0.15) is 9.57 Å². The zero-order valence-corrected chi connectivity index (χ0v) is 15.5. The number of nitrogens with zero attached hydrogens (tertiary/aromatic N) is 3.